The lowest BCUT2D eigenvalue weighted by Crippen LogP contribution is -2.03. The third kappa shape index (κ3) is 3.27. The number of fused-ring (bicyclic) bond motifs is 3. The van der Waals surface area contributed by atoms with Gasteiger partial charge in [-0.1, -0.05) is 17.7 Å². The van der Waals surface area contributed by atoms with E-state index in [-0.39, 0.29) is 5.97 Å². The third-order valence-corrected chi connectivity index (χ3v) is 4.68. The molecule has 4 aromatic rings. The number of benzene rings is 2. The van der Waals surface area contributed by atoms with Gasteiger partial charge in [-0.2, -0.15) is 0 Å². The van der Waals surface area contributed by atoms with Crippen LogP contribution in [-0.4, -0.2) is 17.0 Å². The highest BCUT2D eigenvalue weighted by molar-refractivity contribution is 5.89. The van der Waals surface area contributed by atoms with Gasteiger partial charge in [0.1, 0.15) is 0 Å². The van der Waals surface area contributed by atoms with E-state index in [1.54, 1.807) is 31.2 Å². The summed E-state index contributed by atoms with van der Waals surface area (Å²) in [6, 6.07) is 19.7. The zero-order valence-electron chi connectivity index (χ0n) is 16.1. The van der Waals surface area contributed by atoms with Crippen LogP contribution in [-0.2, 0) is 4.74 Å². The van der Waals surface area contributed by atoms with Gasteiger partial charge in [0.2, 0.25) is 0 Å². The van der Waals surface area contributed by atoms with Gasteiger partial charge in [0.15, 0.2) is 5.82 Å². The van der Waals surface area contributed by atoms with Gasteiger partial charge >= 0.3 is 5.97 Å². The van der Waals surface area contributed by atoms with E-state index in [2.05, 4.69) is 58.0 Å². The van der Waals surface area contributed by atoms with Gasteiger partial charge in [-0.15, -0.1) is 10.2 Å². The molecule has 0 saturated carbocycles. The highest BCUT2D eigenvalue weighted by Crippen LogP contribution is 2.30. The lowest BCUT2D eigenvalue weighted by atomic mass is 10.1. The first-order valence-corrected chi connectivity index (χ1v) is 9.27. The number of aryl methyl sites for hydroxylation is 2. The Morgan fingerprint density at radius 1 is 0.964 bits per heavy atom. The summed E-state index contributed by atoms with van der Waals surface area (Å²) in [6.45, 7) is 6.26. The van der Waals surface area contributed by atoms with Crippen LogP contribution in [0.25, 0.3) is 16.4 Å². The molecule has 0 aliphatic carbocycles. The molecule has 4 rings (SSSR count). The predicted molar refractivity (Wildman–Crippen MR) is 111 cm³/mol. The van der Waals surface area contributed by atoms with Crippen molar-refractivity contribution in [1.29, 1.82) is 0 Å². The molecule has 2 heterocycles. The summed E-state index contributed by atoms with van der Waals surface area (Å²) < 4.78 is 7.13. The van der Waals surface area contributed by atoms with E-state index in [1.165, 1.54) is 10.9 Å². The van der Waals surface area contributed by atoms with E-state index < -0.39 is 0 Å². The fourth-order valence-corrected chi connectivity index (χ4v) is 3.32. The third-order valence-electron chi connectivity index (χ3n) is 4.68. The van der Waals surface area contributed by atoms with Gasteiger partial charge in [0, 0.05) is 5.52 Å². The van der Waals surface area contributed by atoms with Gasteiger partial charge < -0.3 is 4.74 Å². The number of carbonyl (C=O) groups is 1. The second kappa shape index (κ2) is 7.27. The van der Waals surface area contributed by atoms with Crippen LogP contribution in [0.5, 0.6) is 0 Å². The number of esters is 1. The Morgan fingerprint density at radius 2 is 1.75 bits per heavy atom. The first-order valence-electron chi connectivity index (χ1n) is 9.27. The second-order valence-corrected chi connectivity index (χ2v) is 6.77. The quantitative estimate of drug-likeness (QED) is 0.312. The predicted octanol–water partition coefficient (Wildman–Crippen LogP) is 6.30. The van der Waals surface area contributed by atoms with Gasteiger partial charge in [-0.25, -0.2) is 4.79 Å². The van der Waals surface area contributed by atoms with Crippen molar-refractivity contribution in [1.82, 2.24) is 4.40 Å². The lowest BCUT2D eigenvalue weighted by molar-refractivity contribution is 0.0526. The molecule has 0 unspecified atom stereocenters. The molecule has 28 heavy (non-hydrogen) atoms. The molecule has 0 spiro atoms. The summed E-state index contributed by atoms with van der Waals surface area (Å²) in [5.41, 5.74) is 5.65. The molecule has 0 aliphatic heterocycles. The minimum absolute atomic E-state index is 0.332. The zero-order chi connectivity index (χ0) is 19.7. The largest absolute Gasteiger partial charge is 0.462 e. The molecular weight excluding hydrogens is 350 g/mol. The van der Waals surface area contributed by atoms with E-state index in [4.69, 9.17) is 4.74 Å². The molecule has 0 saturated heterocycles. The first kappa shape index (κ1) is 17.9. The highest BCUT2D eigenvalue weighted by Gasteiger charge is 2.10. The fraction of sp³-hybridized carbons (Fsp3) is 0.174. The SMILES string of the molecule is CCOC(=O)c1ccc(N=Nc2c(C)cc3ccc4cc(C)ccc4n23)cc1. The van der Waals surface area contributed by atoms with Crippen LogP contribution < -0.4 is 0 Å². The molecule has 5 nitrogen and oxygen atoms in total. The Labute approximate surface area is 163 Å². The summed E-state index contributed by atoms with van der Waals surface area (Å²) in [7, 11) is 0. The van der Waals surface area contributed by atoms with Crippen molar-refractivity contribution in [3.05, 3.63) is 77.4 Å². The number of azo groups is 1. The molecule has 0 amide bonds. The van der Waals surface area contributed by atoms with Crippen LogP contribution in [0.2, 0.25) is 0 Å². The van der Waals surface area contributed by atoms with Crippen LogP contribution >= 0.6 is 0 Å². The lowest BCUT2D eigenvalue weighted by Gasteiger charge is -2.06. The zero-order valence-corrected chi connectivity index (χ0v) is 16.1. The number of ether oxygens (including phenoxy) is 1. The van der Waals surface area contributed by atoms with Crippen molar-refractivity contribution in [3.63, 3.8) is 0 Å². The molecule has 5 heteroatoms. The maximum atomic E-state index is 11.8. The molecule has 0 N–H and O–H groups in total. The van der Waals surface area contributed by atoms with E-state index in [1.807, 2.05) is 6.92 Å². The van der Waals surface area contributed by atoms with E-state index in [0.29, 0.717) is 17.9 Å². The van der Waals surface area contributed by atoms with Crippen LogP contribution in [0, 0.1) is 13.8 Å². The second-order valence-electron chi connectivity index (χ2n) is 6.77. The van der Waals surface area contributed by atoms with Crippen molar-refractivity contribution in [2.24, 2.45) is 10.2 Å². The summed E-state index contributed by atoms with van der Waals surface area (Å²) >= 11 is 0. The van der Waals surface area contributed by atoms with Gasteiger partial charge in [-0.05, 0) is 80.3 Å². The summed E-state index contributed by atoms with van der Waals surface area (Å²) in [6.07, 6.45) is 0. The van der Waals surface area contributed by atoms with Crippen LogP contribution in [0.4, 0.5) is 11.5 Å². The minimum Gasteiger partial charge on any atom is -0.462 e. The maximum absolute atomic E-state index is 11.8. The first-order chi connectivity index (χ1) is 13.6. The summed E-state index contributed by atoms with van der Waals surface area (Å²) in [4.78, 5) is 11.8. The average Bonchev–Trinajstić information content (AvgIpc) is 3.02. The smallest absolute Gasteiger partial charge is 0.338 e. The normalized spacial score (nSPS) is 11.5. The van der Waals surface area contributed by atoms with Crippen LogP contribution in [0.3, 0.4) is 0 Å². The van der Waals surface area contributed by atoms with Crippen LogP contribution in [0.15, 0.2) is 70.9 Å². The number of pyridine rings is 1. The van der Waals surface area contributed by atoms with Crippen molar-refractivity contribution < 1.29 is 9.53 Å². The Hall–Kier alpha value is -3.47. The minimum atomic E-state index is -0.332. The molecule has 2 aromatic carbocycles. The summed E-state index contributed by atoms with van der Waals surface area (Å²) in [5, 5.41) is 10.1. The Morgan fingerprint density at radius 3 is 2.50 bits per heavy atom. The van der Waals surface area contributed by atoms with Crippen molar-refractivity contribution in [2.75, 3.05) is 6.61 Å². The monoisotopic (exact) mass is 371 g/mol. The maximum Gasteiger partial charge on any atom is 0.338 e. The van der Waals surface area contributed by atoms with Crippen molar-refractivity contribution in [3.8, 4) is 0 Å². The van der Waals surface area contributed by atoms with Gasteiger partial charge in [0.05, 0.1) is 23.4 Å². The number of hydrogen-bond acceptors (Lipinski definition) is 4. The Bertz CT molecular complexity index is 1200. The molecular formula is C23H21N3O2. The van der Waals surface area contributed by atoms with Gasteiger partial charge in [0.25, 0.3) is 0 Å². The van der Waals surface area contributed by atoms with Crippen molar-refractivity contribution in [2.45, 2.75) is 20.8 Å². The molecule has 0 atom stereocenters. The van der Waals surface area contributed by atoms with Gasteiger partial charge in [-0.3, -0.25) is 4.40 Å². The van der Waals surface area contributed by atoms with Crippen LogP contribution in [0.1, 0.15) is 28.4 Å². The fourth-order valence-electron chi connectivity index (χ4n) is 3.32. The molecule has 0 bridgehead atoms. The molecule has 0 radical (unpaired) electrons. The Balaban J connectivity index is 1.73. The number of rotatable bonds is 4. The Kier molecular flexibility index (Phi) is 4.65. The molecule has 140 valence electrons. The topological polar surface area (TPSA) is 55.4 Å². The molecule has 2 aromatic heterocycles. The van der Waals surface area contributed by atoms with E-state index >= 15 is 0 Å². The highest BCUT2D eigenvalue weighted by atomic mass is 16.5. The van der Waals surface area contributed by atoms with E-state index in [0.717, 1.165) is 22.4 Å². The molecule has 0 aliphatic rings. The van der Waals surface area contributed by atoms with E-state index in [9.17, 15) is 4.79 Å². The van der Waals surface area contributed by atoms with Crippen molar-refractivity contribution >= 4 is 33.9 Å². The number of nitrogens with zero attached hydrogens (tertiary/aromatic N) is 3. The number of carbonyl (C=O) groups excluding carboxylic acids is 1. The number of hydrogen-bond donors (Lipinski definition) is 0. The number of aromatic nitrogens is 1. The molecule has 0 fully saturated rings. The standard InChI is InChI=1S/C23H21N3O2/c1-4-28-23(27)17-6-9-19(10-7-17)24-25-22-16(3)14-20-11-8-18-13-15(2)5-12-21(18)26(20)22/h5-14H,4H2,1-3H3. The summed E-state index contributed by atoms with van der Waals surface area (Å²) in [5.74, 6) is 0.472. The average molecular weight is 371 g/mol.